The van der Waals surface area contributed by atoms with E-state index in [1.54, 1.807) is 69.5 Å². The molecule has 2 amide bonds. The number of hydrogen-bond acceptors (Lipinski definition) is 5. The molecule has 8 nitrogen and oxygen atoms in total. The van der Waals surface area contributed by atoms with E-state index < -0.39 is 17.9 Å². The Balaban J connectivity index is 1.43. The highest BCUT2D eigenvalue weighted by Gasteiger charge is 2.24. The highest BCUT2D eigenvalue weighted by Crippen LogP contribution is 2.29. The van der Waals surface area contributed by atoms with Crippen molar-refractivity contribution in [1.29, 1.82) is 0 Å². The maximum Gasteiger partial charge on any atom is 0.326 e. The lowest BCUT2D eigenvalue weighted by Gasteiger charge is -2.18. The summed E-state index contributed by atoms with van der Waals surface area (Å²) in [6.45, 7) is 3.48. The van der Waals surface area contributed by atoms with Gasteiger partial charge in [0.05, 0.1) is 7.11 Å². The summed E-state index contributed by atoms with van der Waals surface area (Å²) in [6.07, 6.45) is 0. The molecule has 0 saturated heterocycles. The number of methoxy groups -OCH3 is 1. The Morgan fingerprint density at radius 3 is 2.11 bits per heavy atom. The molecule has 1 atom stereocenters. The van der Waals surface area contributed by atoms with Crippen molar-refractivity contribution in [2.45, 2.75) is 19.9 Å². The molecule has 3 N–H and O–H groups in total. The Labute approximate surface area is 207 Å². The number of nitrogens with one attached hydrogen (secondary N) is 2. The summed E-state index contributed by atoms with van der Waals surface area (Å²) in [6, 6.07) is 20.3. The number of hydrogen-bond donors (Lipinski definition) is 3. The second-order valence-electron chi connectivity index (χ2n) is 8.63. The molecule has 0 bridgehead atoms. The summed E-state index contributed by atoms with van der Waals surface area (Å²) >= 11 is 0. The van der Waals surface area contributed by atoms with Crippen LogP contribution in [0.2, 0.25) is 0 Å². The first-order valence-corrected chi connectivity index (χ1v) is 11.4. The number of carbonyl (C=O) groups excluding carboxylic acids is 2. The average Bonchev–Trinajstić information content (AvgIpc) is 3.32. The van der Waals surface area contributed by atoms with Gasteiger partial charge in [0.1, 0.15) is 6.04 Å². The molecule has 3 aromatic carbocycles. The van der Waals surface area contributed by atoms with Crippen molar-refractivity contribution in [2.24, 2.45) is 5.92 Å². The Morgan fingerprint density at radius 1 is 0.889 bits per heavy atom. The van der Waals surface area contributed by atoms with E-state index in [4.69, 9.17) is 9.15 Å². The fourth-order valence-corrected chi connectivity index (χ4v) is 3.80. The quantitative estimate of drug-likeness (QED) is 0.315. The molecule has 0 radical (unpaired) electrons. The summed E-state index contributed by atoms with van der Waals surface area (Å²) in [7, 11) is 1.54. The molecule has 0 spiro atoms. The molecule has 0 aliphatic heterocycles. The molecule has 0 aliphatic carbocycles. The first-order chi connectivity index (χ1) is 17.3. The predicted molar refractivity (Wildman–Crippen MR) is 136 cm³/mol. The lowest BCUT2D eigenvalue weighted by molar-refractivity contribution is -0.140. The Hall–Kier alpha value is -4.59. The number of rotatable bonds is 8. The standard InChI is InChI=1S/C28H26N2O6/c1-16(2)24(28(33)34)30-26(31)19-9-7-17(8-10-19)18-11-13-21(14-12-18)29-27(32)23-15-20-5-4-6-22(35-3)25(20)36-23/h4-16,24H,1-3H3,(H,29,32)(H,30,31)(H,33,34)/t24-/m0/s1. The first-order valence-electron chi connectivity index (χ1n) is 11.4. The number of para-hydroxylation sites is 1. The van der Waals surface area contributed by atoms with Crippen LogP contribution in [0.3, 0.4) is 0 Å². The van der Waals surface area contributed by atoms with E-state index in [9.17, 15) is 19.5 Å². The fourth-order valence-electron chi connectivity index (χ4n) is 3.80. The first kappa shape index (κ1) is 24.5. The number of fused-ring (bicyclic) bond motifs is 1. The molecule has 1 aromatic heterocycles. The van der Waals surface area contributed by atoms with Crippen LogP contribution in [0, 0.1) is 5.92 Å². The van der Waals surface area contributed by atoms with Gasteiger partial charge in [0, 0.05) is 16.6 Å². The van der Waals surface area contributed by atoms with Crippen molar-refractivity contribution in [3.63, 3.8) is 0 Å². The molecule has 8 heteroatoms. The monoisotopic (exact) mass is 486 g/mol. The average molecular weight is 487 g/mol. The number of carboxylic acids is 1. The van der Waals surface area contributed by atoms with Crippen LogP contribution in [0.15, 0.2) is 77.2 Å². The maximum absolute atomic E-state index is 12.7. The van der Waals surface area contributed by atoms with Crippen LogP contribution in [-0.2, 0) is 4.79 Å². The third-order valence-electron chi connectivity index (χ3n) is 5.79. The van der Waals surface area contributed by atoms with Gasteiger partial charge < -0.3 is 24.9 Å². The van der Waals surface area contributed by atoms with Gasteiger partial charge in [0.2, 0.25) is 0 Å². The molecule has 36 heavy (non-hydrogen) atoms. The van der Waals surface area contributed by atoms with Crippen LogP contribution in [-0.4, -0.2) is 36.0 Å². The molecular formula is C28H26N2O6. The van der Waals surface area contributed by atoms with Gasteiger partial charge >= 0.3 is 5.97 Å². The number of amides is 2. The number of anilines is 1. The van der Waals surface area contributed by atoms with E-state index in [2.05, 4.69) is 10.6 Å². The molecule has 0 unspecified atom stereocenters. The Kier molecular flexibility index (Phi) is 7.05. The summed E-state index contributed by atoms with van der Waals surface area (Å²) in [5.41, 5.74) is 3.24. The van der Waals surface area contributed by atoms with Crippen molar-refractivity contribution in [2.75, 3.05) is 12.4 Å². The van der Waals surface area contributed by atoms with Gasteiger partial charge in [-0.25, -0.2) is 4.79 Å². The highest BCUT2D eigenvalue weighted by atomic mass is 16.5. The number of aliphatic carboxylic acids is 1. The van der Waals surface area contributed by atoms with Gasteiger partial charge in [-0.2, -0.15) is 0 Å². The number of benzene rings is 3. The van der Waals surface area contributed by atoms with Crippen LogP contribution in [0.4, 0.5) is 5.69 Å². The van der Waals surface area contributed by atoms with Gasteiger partial charge in [-0.05, 0) is 53.4 Å². The third kappa shape index (κ3) is 5.22. The Bertz CT molecular complexity index is 1400. The topological polar surface area (TPSA) is 118 Å². The van der Waals surface area contributed by atoms with Gasteiger partial charge in [0.25, 0.3) is 11.8 Å². The van der Waals surface area contributed by atoms with Gasteiger partial charge in [-0.1, -0.05) is 50.2 Å². The fraction of sp³-hybridized carbons (Fsp3) is 0.179. The lowest BCUT2D eigenvalue weighted by atomic mass is 10.0. The normalized spacial score (nSPS) is 11.8. The Morgan fingerprint density at radius 2 is 1.53 bits per heavy atom. The van der Waals surface area contributed by atoms with Crippen LogP contribution in [0.25, 0.3) is 22.1 Å². The molecule has 4 rings (SSSR count). The second-order valence-corrected chi connectivity index (χ2v) is 8.63. The van der Waals surface area contributed by atoms with Crippen molar-refractivity contribution in [3.05, 3.63) is 84.1 Å². The maximum atomic E-state index is 12.7. The van der Waals surface area contributed by atoms with Crippen molar-refractivity contribution < 1.29 is 28.6 Å². The number of furan rings is 1. The number of ether oxygens (including phenoxy) is 1. The van der Waals surface area contributed by atoms with Gasteiger partial charge in [0.15, 0.2) is 17.1 Å². The van der Waals surface area contributed by atoms with E-state index in [-0.39, 0.29) is 17.6 Å². The zero-order valence-corrected chi connectivity index (χ0v) is 20.1. The van der Waals surface area contributed by atoms with E-state index in [1.165, 1.54) is 0 Å². The summed E-state index contributed by atoms with van der Waals surface area (Å²) in [5, 5.41) is 15.4. The predicted octanol–water partition coefficient (Wildman–Crippen LogP) is 5.20. The third-order valence-corrected chi connectivity index (χ3v) is 5.79. The zero-order chi connectivity index (χ0) is 25.8. The summed E-state index contributed by atoms with van der Waals surface area (Å²) in [4.78, 5) is 36.5. The summed E-state index contributed by atoms with van der Waals surface area (Å²) in [5.74, 6) is -1.39. The van der Waals surface area contributed by atoms with Crippen molar-refractivity contribution in [1.82, 2.24) is 5.32 Å². The van der Waals surface area contributed by atoms with Gasteiger partial charge in [-0.15, -0.1) is 0 Å². The van der Waals surface area contributed by atoms with Crippen LogP contribution >= 0.6 is 0 Å². The van der Waals surface area contributed by atoms with E-state index in [0.717, 1.165) is 16.5 Å². The van der Waals surface area contributed by atoms with Crippen molar-refractivity contribution >= 4 is 34.4 Å². The highest BCUT2D eigenvalue weighted by molar-refractivity contribution is 6.05. The summed E-state index contributed by atoms with van der Waals surface area (Å²) < 4.78 is 11.0. The van der Waals surface area contributed by atoms with Crippen LogP contribution in [0.1, 0.15) is 34.8 Å². The minimum absolute atomic E-state index is 0.176. The molecule has 184 valence electrons. The molecule has 4 aromatic rings. The number of carboxylic acid groups (broad SMARTS) is 1. The van der Waals surface area contributed by atoms with Gasteiger partial charge in [-0.3, -0.25) is 9.59 Å². The molecule has 0 saturated carbocycles. The SMILES string of the molecule is COc1cccc2cc(C(=O)Nc3ccc(-c4ccc(C(=O)N[C@H](C(=O)O)C(C)C)cc4)cc3)oc12. The van der Waals surface area contributed by atoms with E-state index in [0.29, 0.717) is 22.6 Å². The van der Waals surface area contributed by atoms with E-state index in [1.807, 2.05) is 24.3 Å². The molecule has 1 heterocycles. The lowest BCUT2D eigenvalue weighted by Crippen LogP contribution is -2.44. The molecular weight excluding hydrogens is 460 g/mol. The van der Waals surface area contributed by atoms with Crippen LogP contribution in [0.5, 0.6) is 5.75 Å². The molecule has 0 aliphatic rings. The minimum Gasteiger partial charge on any atom is -0.493 e. The van der Waals surface area contributed by atoms with E-state index >= 15 is 0 Å². The largest absolute Gasteiger partial charge is 0.493 e. The van der Waals surface area contributed by atoms with Crippen molar-refractivity contribution in [3.8, 4) is 16.9 Å². The smallest absolute Gasteiger partial charge is 0.326 e. The minimum atomic E-state index is -1.07. The zero-order valence-electron chi connectivity index (χ0n) is 20.1. The molecule has 0 fully saturated rings. The second kappa shape index (κ2) is 10.4. The van der Waals surface area contributed by atoms with Crippen LogP contribution < -0.4 is 15.4 Å². The number of carbonyl (C=O) groups is 3.